The number of ketones is 1. The van der Waals surface area contributed by atoms with Gasteiger partial charge in [0, 0.05) is 42.5 Å². The van der Waals surface area contributed by atoms with Crippen LogP contribution in [0, 0.1) is 0 Å². The van der Waals surface area contributed by atoms with E-state index in [4.69, 9.17) is 16.3 Å². The molecule has 132 valence electrons. The summed E-state index contributed by atoms with van der Waals surface area (Å²) in [6.45, 7) is 6.57. The van der Waals surface area contributed by atoms with E-state index in [9.17, 15) is 4.79 Å². The van der Waals surface area contributed by atoms with Crippen LogP contribution in [0.3, 0.4) is 0 Å². The summed E-state index contributed by atoms with van der Waals surface area (Å²) in [6, 6.07) is 15.3. The monoisotopic (exact) mass is 358 g/mol. The Morgan fingerprint density at radius 1 is 1.08 bits per heavy atom. The van der Waals surface area contributed by atoms with Crippen molar-refractivity contribution in [2.75, 3.05) is 44.2 Å². The SMILES string of the molecule is CCOc1ccc(C(=O)CN2CCN(c3cccc(Cl)c3)CC2)cc1. The Morgan fingerprint density at radius 2 is 1.80 bits per heavy atom. The topological polar surface area (TPSA) is 32.8 Å². The zero-order valence-electron chi connectivity index (χ0n) is 14.5. The molecule has 0 unspecified atom stereocenters. The third-order valence-corrected chi connectivity index (χ3v) is 4.64. The Morgan fingerprint density at radius 3 is 2.44 bits per heavy atom. The first kappa shape index (κ1) is 17.8. The maximum atomic E-state index is 12.5. The average Bonchev–Trinajstić information content (AvgIpc) is 2.63. The van der Waals surface area contributed by atoms with Crippen LogP contribution in [0.4, 0.5) is 5.69 Å². The number of carbonyl (C=O) groups excluding carboxylic acids is 1. The summed E-state index contributed by atoms with van der Waals surface area (Å²) >= 11 is 6.07. The molecule has 0 atom stereocenters. The highest BCUT2D eigenvalue weighted by atomic mass is 35.5. The predicted molar refractivity (Wildman–Crippen MR) is 102 cm³/mol. The molecule has 0 N–H and O–H groups in total. The molecule has 2 aromatic rings. The van der Waals surface area contributed by atoms with E-state index >= 15 is 0 Å². The summed E-state index contributed by atoms with van der Waals surface area (Å²) in [5, 5.41) is 0.755. The lowest BCUT2D eigenvalue weighted by Gasteiger charge is -2.35. The van der Waals surface area contributed by atoms with E-state index in [1.54, 1.807) is 0 Å². The van der Waals surface area contributed by atoms with Gasteiger partial charge in [0.05, 0.1) is 13.2 Å². The second kappa shape index (κ2) is 8.37. The predicted octanol–water partition coefficient (Wildman–Crippen LogP) is 3.74. The highest BCUT2D eigenvalue weighted by Crippen LogP contribution is 2.21. The third-order valence-electron chi connectivity index (χ3n) is 4.40. The molecular weight excluding hydrogens is 336 g/mol. The Hall–Kier alpha value is -2.04. The van der Waals surface area contributed by atoms with Gasteiger partial charge in [-0.25, -0.2) is 0 Å². The van der Waals surface area contributed by atoms with Crippen molar-refractivity contribution in [3.63, 3.8) is 0 Å². The molecule has 1 saturated heterocycles. The van der Waals surface area contributed by atoms with Gasteiger partial charge in [0.15, 0.2) is 5.78 Å². The van der Waals surface area contributed by atoms with Crippen molar-refractivity contribution in [3.8, 4) is 5.75 Å². The standard InChI is InChI=1S/C20H23ClN2O2/c1-2-25-19-8-6-16(7-9-19)20(24)15-22-10-12-23(13-11-22)18-5-3-4-17(21)14-18/h3-9,14H,2,10-13,15H2,1H3. The van der Waals surface area contributed by atoms with Gasteiger partial charge in [0.2, 0.25) is 0 Å². The number of piperazine rings is 1. The van der Waals surface area contributed by atoms with Gasteiger partial charge in [-0.1, -0.05) is 17.7 Å². The largest absolute Gasteiger partial charge is 0.494 e. The lowest BCUT2D eigenvalue weighted by molar-refractivity contribution is 0.0926. The second-order valence-corrected chi connectivity index (χ2v) is 6.56. The molecule has 0 bridgehead atoms. The average molecular weight is 359 g/mol. The van der Waals surface area contributed by atoms with Crippen molar-refractivity contribution < 1.29 is 9.53 Å². The van der Waals surface area contributed by atoms with Crippen molar-refractivity contribution in [1.82, 2.24) is 4.90 Å². The number of nitrogens with zero attached hydrogens (tertiary/aromatic N) is 2. The Labute approximate surface area is 154 Å². The van der Waals surface area contributed by atoms with Crippen molar-refractivity contribution in [2.24, 2.45) is 0 Å². The summed E-state index contributed by atoms with van der Waals surface area (Å²) in [5.41, 5.74) is 1.88. The highest BCUT2D eigenvalue weighted by Gasteiger charge is 2.20. The quantitative estimate of drug-likeness (QED) is 0.736. The van der Waals surface area contributed by atoms with Gasteiger partial charge in [-0.05, 0) is 49.4 Å². The molecule has 0 aromatic heterocycles. The summed E-state index contributed by atoms with van der Waals surface area (Å²) in [5.74, 6) is 0.952. The van der Waals surface area contributed by atoms with E-state index < -0.39 is 0 Å². The molecule has 5 heteroatoms. The molecule has 1 heterocycles. The van der Waals surface area contributed by atoms with Crippen LogP contribution < -0.4 is 9.64 Å². The van der Waals surface area contributed by atoms with Gasteiger partial charge in [-0.3, -0.25) is 9.69 Å². The van der Waals surface area contributed by atoms with Crippen LogP contribution in [0.25, 0.3) is 0 Å². The fourth-order valence-electron chi connectivity index (χ4n) is 3.04. The Bertz CT molecular complexity index is 710. The van der Waals surface area contributed by atoms with Crippen molar-refractivity contribution >= 4 is 23.1 Å². The van der Waals surface area contributed by atoms with E-state index in [1.807, 2.05) is 49.4 Å². The molecular formula is C20H23ClN2O2. The third kappa shape index (κ3) is 4.74. The van der Waals surface area contributed by atoms with Gasteiger partial charge in [-0.2, -0.15) is 0 Å². The number of ether oxygens (including phenoxy) is 1. The van der Waals surface area contributed by atoms with E-state index in [2.05, 4.69) is 15.9 Å². The number of Topliss-reactive ketones (excluding diaryl/α,β-unsaturated/α-hetero) is 1. The van der Waals surface area contributed by atoms with Gasteiger partial charge < -0.3 is 9.64 Å². The molecule has 0 aliphatic carbocycles. The minimum absolute atomic E-state index is 0.152. The molecule has 0 radical (unpaired) electrons. The van der Waals surface area contributed by atoms with E-state index in [0.717, 1.165) is 48.2 Å². The van der Waals surface area contributed by atoms with Crippen LogP contribution in [0.2, 0.25) is 5.02 Å². The number of halogens is 1. The first-order chi connectivity index (χ1) is 12.2. The minimum atomic E-state index is 0.152. The molecule has 25 heavy (non-hydrogen) atoms. The normalized spacial score (nSPS) is 15.2. The molecule has 0 amide bonds. The molecule has 3 rings (SSSR count). The summed E-state index contributed by atoms with van der Waals surface area (Å²) < 4.78 is 5.42. The van der Waals surface area contributed by atoms with Crippen LogP contribution in [0.5, 0.6) is 5.75 Å². The first-order valence-corrected chi connectivity index (χ1v) is 9.02. The van der Waals surface area contributed by atoms with Crippen molar-refractivity contribution in [3.05, 3.63) is 59.1 Å². The van der Waals surface area contributed by atoms with Crippen LogP contribution in [0.15, 0.2) is 48.5 Å². The lowest BCUT2D eigenvalue weighted by atomic mass is 10.1. The lowest BCUT2D eigenvalue weighted by Crippen LogP contribution is -2.48. The van der Waals surface area contributed by atoms with Crippen LogP contribution in [0.1, 0.15) is 17.3 Å². The number of hydrogen-bond acceptors (Lipinski definition) is 4. The van der Waals surface area contributed by atoms with Gasteiger partial charge in [0.25, 0.3) is 0 Å². The number of rotatable bonds is 6. The second-order valence-electron chi connectivity index (χ2n) is 6.12. The van der Waals surface area contributed by atoms with Crippen molar-refractivity contribution in [2.45, 2.75) is 6.92 Å². The molecule has 0 saturated carbocycles. The minimum Gasteiger partial charge on any atom is -0.494 e. The summed E-state index contributed by atoms with van der Waals surface area (Å²) in [7, 11) is 0. The zero-order chi connectivity index (χ0) is 17.6. The highest BCUT2D eigenvalue weighted by molar-refractivity contribution is 6.30. The van der Waals surface area contributed by atoms with Gasteiger partial charge in [-0.15, -0.1) is 0 Å². The maximum Gasteiger partial charge on any atom is 0.176 e. The number of anilines is 1. The van der Waals surface area contributed by atoms with E-state index in [1.165, 1.54) is 0 Å². The smallest absolute Gasteiger partial charge is 0.176 e. The first-order valence-electron chi connectivity index (χ1n) is 8.64. The number of hydrogen-bond donors (Lipinski definition) is 0. The van der Waals surface area contributed by atoms with Gasteiger partial charge in [0.1, 0.15) is 5.75 Å². The van der Waals surface area contributed by atoms with Crippen molar-refractivity contribution in [1.29, 1.82) is 0 Å². The molecule has 1 aliphatic heterocycles. The molecule has 2 aromatic carbocycles. The van der Waals surface area contributed by atoms with Crippen LogP contribution >= 0.6 is 11.6 Å². The number of carbonyl (C=O) groups is 1. The fourth-order valence-corrected chi connectivity index (χ4v) is 3.22. The number of benzene rings is 2. The Balaban J connectivity index is 1.52. The summed E-state index contributed by atoms with van der Waals surface area (Å²) in [4.78, 5) is 17.0. The van der Waals surface area contributed by atoms with Gasteiger partial charge >= 0.3 is 0 Å². The molecule has 4 nitrogen and oxygen atoms in total. The molecule has 1 aliphatic rings. The molecule has 1 fully saturated rings. The molecule has 0 spiro atoms. The van der Waals surface area contributed by atoms with Crippen LogP contribution in [-0.2, 0) is 0 Å². The van der Waals surface area contributed by atoms with E-state index in [-0.39, 0.29) is 5.78 Å². The van der Waals surface area contributed by atoms with E-state index in [0.29, 0.717) is 13.2 Å². The maximum absolute atomic E-state index is 12.5. The zero-order valence-corrected chi connectivity index (χ0v) is 15.2. The summed E-state index contributed by atoms with van der Waals surface area (Å²) in [6.07, 6.45) is 0. The van der Waals surface area contributed by atoms with Crippen LogP contribution in [-0.4, -0.2) is 50.0 Å². The Kier molecular flexibility index (Phi) is 5.95. The fraction of sp³-hybridized carbons (Fsp3) is 0.350.